The Morgan fingerprint density at radius 2 is 1.73 bits per heavy atom. The number of pyridine rings is 1. The molecule has 1 unspecified atom stereocenters. The molecule has 1 amide bonds. The van der Waals surface area contributed by atoms with E-state index in [2.05, 4.69) is 63.2 Å². The van der Waals surface area contributed by atoms with Crippen LogP contribution >= 0.6 is 0 Å². The molecule has 3 aromatic carbocycles. The molecule has 5 aliphatic rings. The number of anilines is 2. The number of nitrogens with one attached hydrogen (secondary N) is 3. The summed E-state index contributed by atoms with van der Waals surface area (Å²) in [4.78, 5) is 27.4. The molecule has 1 aliphatic carbocycles. The van der Waals surface area contributed by atoms with E-state index in [4.69, 9.17) is 9.47 Å². The van der Waals surface area contributed by atoms with Gasteiger partial charge in [0.25, 0.3) is 15.9 Å². The van der Waals surface area contributed by atoms with Crippen LogP contribution in [0.5, 0.6) is 17.2 Å². The number of aromatic amines is 1. The number of aromatic hydroxyl groups is 1. The van der Waals surface area contributed by atoms with Crippen molar-refractivity contribution in [2.24, 2.45) is 5.41 Å². The Balaban J connectivity index is 0.840. The van der Waals surface area contributed by atoms with Crippen molar-refractivity contribution in [3.63, 3.8) is 0 Å². The molecule has 17 heteroatoms. The van der Waals surface area contributed by atoms with Gasteiger partial charge in [0.05, 0.1) is 41.7 Å². The molecule has 1 spiro atoms. The van der Waals surface area contributed by atoms with Crippen molar-refractivity contribution in [2.75, 3.05) is 62.7 Å². The van der Waals surface area contributed by atoms with Crippen LogP contribution in [0.4, 0.5) is 24.5 Å². The number of likely N-dealkylation sites (tertiary alicyclic amines) is 2. The van der Waals surface area contributed by atoms with E-state index in [1.165, 1.54) is 29.5 Å². The zero-order valence-electron chi connectivity index (χ0n) is 37.9. The van der Waals surface area contributed by atoms with Crippen molar-refractivity contribution in [2.45, 2.75) is 99.8 Å². The Bertz CT molecular complexity index is 2760. The number of aromatic nitrogens is 2. The first-order chi connectivity index (χ1) is 32.2. The van der Waals surface area contributed by atoms with Crippen LogP contribution in [0.1, 0.15) is 98.7 Å². The Morgan fingerprint density at radius 3 is 2.45 bits per heavy atom. The van der Waals surface area contributed by atoms with Gasteiger partial charge in [-0.05, 0) is 105 Å². The lowest BCUT2D eigenvalue weighted by atomic mass is 9.59. The van der Waals surface area contributed by atoms with E-state index >= 15 is 13.2 Å². The molecule has 10 rings (SSSR count). The maximum absolute atomic E-state index is 16.5. The van der Waals surface area contributed by atoms with Gasteiger partial charge in [0.1, 0.15) is 34.1 Å². The highest BCUT2D eigenvalue weighted by atomic mass is 32.2. The molecule has 67 heavy (non-hydrogen) atoms. The van der Waals surface area contributed by atoms with Gasteiger partial charge < -0.3 is 29.8 Å². The molecule has 356 valence electrons. The van der Waals surface area contributed by atoms with E-state index in [-0.39, 0.29) is 41.9 Å². The number of ether oxygens (including phenoxy) is 2. The fourth-order valence-corrected chi connectivity index (χ4v) is 12.1. The van der Waals surface area contributed by atoms with Crippen molar-refractivity contribution in [1.29, 1.82) is 0 Å². The summed E-state index contributed by atoms with van der Waals surface area (Å²) in [6.07, 6.45) is 9.54. The Hall–Kier alpha value is -5.36. The average molecular weight is 942 g/mol. The number of hydrogen-bond acceptors (Lipinski definition) is 11. The van der Waals surface area contributed by atoms with Crippen molar-refractivity contribution in [3.05, 3.63) is 101 Å². The molecule has 4 N–H and O–H groups in total. The number of phenols is 1. The van der Waals surface area contributed by atoms with E-state index in [0.717, 1.165) is 57.2 Å². The van der Waals surface area contributed by atoms with E-state index in [9.17, 15) is 18.3 Å². The summed E-state index contributed by atoms with van der Waals surface area (Å²) in [5.41, 5.74) is 0.968. The summed E-state index contributed by atoms with van der Waals surface area (Å²) in [5.74, 6) is -4.72. The molecule has 2 aromatic heterocycles. The Morgan fingerprint density at radius 1 is 0.970 bits per heavy atom. The van der Waals surface area contributed by atoms with Gasteiger partial charge in [-0.1, -0.05) is 38.1 Å². The number of alkyl halides is 1. The summed E-state index contributed by atoms with van der Waals surface area (Å²) >= 11 is 0. The minimum Gasteiger partial charge on any atom is -0.506 e. The second-order valence-corrected chi connectivity index (χ2v) is 21.3. The van der Waals surface area contributed by atoms with Crippen molar-refractivity contribution in [1.82, 2.24) is 24.5 Å². The van der Waals surface area contributed by atoms with Gasteiger partial charge in [-0.3, -0.25) is 14.6 Å². The molecule has 6 heterocycles. The minimum absolute atomic E-state index is 0.0906. The number of halogens is 3. The molecule has 0 radical (unpaired) electrons. The molecule has 5 aromatic rings. The molecule has 5 fully saturated rings. The lowest BCUT2D eigenvalue weighted by Crippen LogP contribution is -2.55. The molecule has 4 saturated heterocycles. The van der Waals surface area contributed by atoms with Crippen LogP contribution in [0.25, 0.3) is 11.0 Å². The monoisotopic (exact) mass is 941 g/mol. The predicted octanol–water partition coefficient (Wildman–Crippen LogP) is 8.78. The normalized spacial score (nSPS) is 21.4. The average Bonchev–Trinajstić information content (AvgIpc) is 3.97. The van der Waals surface area contributed by atoms with E-state index < -0.39 is 55.2 Å². The van der Waals surface area contributed by atoms with Crippen LogP contribution in [0.15, 0.2) is 78.0 Å². The van der Waals surface area contributed by atoms with Crippen molar-refractivity contribution >= 4 is 38.3 Å². The number of nitrogens with zero attached hydrogens (tertiary/aromatic N) is 4. The highest BCUT2D eigenvalue weighted by molar-refractivity contribution is 7.90. The number of sulfonamides is 1. The van der Waals surface area contributed by atoms with E-state index in [1.54, 1.807) is 23.2 Å². The molecule has 1 atom stereocenters. The van der Waals surface area contributed by atoms with E-state index in [1.807, 2.05) is 4.72 Å². The van der Waals surface area contributed by atoms with Gasteiger partial charge in [0.15, 0.2) is 11.6 Å². The maximum Gasteiger partial charge on any atom is 0.271 e. The summed E-state index contributed by atoms with van der Waals surface area (Å²) in [7, 11) is -4.77. The smallest absolute Gasteiger partial charge is 0.271 e. The van der Waals surface area contributed by atoms with Crippen LogP contribution in [-0.2, 0) is 14.8 Å². The standard InChI is InChI=1S/C50H58F3N7O6S/c1-31(2)37-6-3-4-7-38(37)40-8-5-17-60(40)33-25-49(26-33)12-18-59(19-13-49)41-24-43(66-35-22-32-11-16-54-47(32)55-27-35)44(46(52)45(41)51)48(62)57-67(63,64)36-9-10-39(42(61)23-36)56-30-50(53)14-20-58(21-15-50)34-28-65-29-34/h3-4,6-7,9-11,16,22-24,27,31,33-34,40,56,61H,5,8,12-15,17-21,25-26,28-30H2,1-2H3,(H,54,55)(H,57,62). The van der Waals surface area contributed by atoms with Gasteiger partial charge in [-0.15, -0.1) is 0 Å². The predicted molar refractivity (Wildman–Crippen MR) is 249 cm³/mol. The van der Waals surface area contributed by atoms with Crippen LogP contribution in [0, 0.1) is 17.0 Å². The number of H-pyrrole nitrogens is 1. The SMILES string of the molecule is CC(C)c1ccccc1C1CCCN1C1CC2(CCN(c3cc(Oc4cnc5[nH]ccc5c4)c(C(=O)NS(=O)(=O)c4ccc(NCC5(F)CCN(C6COC6)CC5)c(O)c4)c(F)c3F)CC2)C1. The first-order valence-corrected chi connectivity index (χ1v) is 25.0. The van der Waals surface area contributed by atoms with Gasteiger partial charge in [0, 0.05) is 68.5 Å². The number of carbonyl (C=O) groups is 1. The first-order valence-electron chi connectivity index (χ1n) is 23.6. The van der Waals surface area contributed by atoms with Gasteiger partial charge in [-0.2, -0.15) is 0 Å². The van der Waals surface area contributed by atoms with Crippen LogP contribution < -0.4 is 19.7 Å². The summed E-state index contributed by atoms with van der Waals surface area (Å²) in [6.45, 7) is 8.79. The molecule has 13 nitrogen and oxygen atoms in total. The molecule has 4 aliphatic heterocycles. The molecule has 1 saturated carbocycles. The third-order valence-electron chi connectivity index (χ3n) is 15.2. The number of amides is 1. The Kier molecular flexibility index (Phi) is 12.2. The van der Waals surface area contributed by atoms with Gasteiger partial charge >= 0.3 is 0 Å². The number of benzene rings is 3. The van der Waals surface area contributed by atoms with Gasteiger partial charge in [-0.25, -0.2) is 31.3 Å². The largest absolute Gasteiger partial charge is 0.506 e. The van der Waals surface area contributed by atoms with Gasteiger partial charge in [0.2, 0.25) is 0 Å². The highest BCUT2D eigenvalue weighted by Gasteiger charge is 2.50. The molecular weight excluding hydrogens is 884 g/mol. The van der Waals surface area contributed by atoms with E-state index in [0.29, 0.717) is 74.5 Å². The summed E-state index contributed by atoms with van der Waals surface area (Å²) in [6, 6.07) is 17.8. The number of hydrogen-bond donors (Lipinski definition) is 4. The second kappa shape index (κ2) is 17.9. The minimum atomic E-state index is -4.77. The van der Waals surface area contributed by atoms with Crippen molar-refractivity contribution < 1.29 is 41.0 Å². The molecular formula is C50H58F3N7O6S. The topological polar surface area (TPSA) is 152 Å². The summed E-state index contributed by atoms with van der Waals surface area (Å²) < 4.78 is 89.2. The third kappa shape index (κ3) is 8.95. The quantitative estimate of drug-likeness (QED) is 0.0839. The first kappa shape index (κ1) is 45.4. The number of fused-ring (bicyclic) bond motifs is 1. The Labute approximate surface area is 389 Å². The fraction of sp³-hybridized carbons (Fsp3) is 0.480. The highest BCUT2D eigenvalue weighted by Crippen LogP contribution is 2.54. The number of carbonyl (C=O) groups excluding carboxylic acids is 1. The second-order valence-electron chi connectivity index (χ2n) is 19.7. The summed E-state index contributed by atoms with van der Waals surface area (Å²) in [5, 5.41) is 14.4. The number of piperidine rings is 2. The third-order valence-corrected chi connectivity index (χ3v) is 16.5. The zero-order valence-corrected chi connectivity index (χ0v) is 38.7. The van der Waals surface area contributed by atoms with Crippen molar-refractivity contribution in [3.8, 4) is 17.2 Å². The molecule has 0 bridgehead atoms. The lowest BCUT2D eigenvalue weighted by Gasteiger charge is -2.56. The maximum atomic E-state index is 16.5. The zero-order chi connectivity index (χ0) is 46.7. The van der Waals surface area contributed by atoms with Crippen LogP contribution in [0.3, 0.4) is 0 Å². The van der Waals surface area contributed by atoms with Crippen LogP contribution in [0.2, 0.25) is 0 Å². The van der Waals surface area contributed by atoms with Crippen LogP contribution in [-0.4, -0.2) is 109 Å². The fourth-order valence-electron chi connectivity index (χ4n) is 11.1. The lowest BCUT2D eigenvalue weighted by molar-refractivity contribution is -0.0832. The number of rotatable bonds is 13. The number of phenolic OH excluding ortho intramolecular Hbond substituents is 1.